The Hall–Kier alpha value is -2.17. The molecule has 2 aromatic rings. The monoisotopic (exact) mass is 432 g/mol. The van der Waals surface area contributed by atoms with Crippen molar-refractivity contribution < 1.29 is 30.8 Å². The highest BCUT2D eigenvalue weighted by Gasteiger charge is 2.42. The van der Waals surface area contributed by atoms with Gasteiger partial charge in [-0.05, 0) is 54.2 Å². The first-order valence-electron chi connectivity index (χ1n) is 8.92. The molecule has 3 rings (SSSR count). The van der Waals surface area contributed by atoms with Gasteiger partial charge < -0.3 is 10.1 Å². The highest BCUT2D eigenvalue weighted by atomic mass is 32.2. The summed E-state index contributed by atoms with van der Waals surface area (Å²) >= 11 is 0. The SMILES string of the molecule is COc1ccccc1-c1ccc(S(=O)(=O)N(F)C2CCNCC2)c(C(F)(F)F)c1. The second kappa shape index (κ2) is 8.29. The summed E-state index contributed by atoms with van der Waals surface area (Å²) in [5.74, 6) is 0.332. The number of nitrogens with zero attached hydrogens (tertiary/aromatic N) is 1. The normalized spacial score (nSPS) is 16.2. The standard InChI is InChI=1S/C19H20F4N2O3S/c1-28-17-5-3-2-4-15(17)13-6-7-18(16(12-13)19(20,21)22)29(26,27)25(23)14-8-10-24-11-9-14/h2-7,12,14,24H,8-11H2,1H3. The molecule has 1 saturated heterocycles. The van der Waals surface area contributed by atoms with E-state index in [9.17, 15) is 26.1 Å². The largest absolute Gasteiger partial charge is 0.496 e. The number of sulfonamides is 1. The predicted octanol–water partition coefficient (Wildman–Crippen LogP) is 4.01. The Kier molecular flexibility index (Phi) is 6.16. The van der Waals surface area contributed by atoms with E-state index >= 15 is 0 Å². The van der Waals surface area contributed by atoms with Crippen molar-refractivity contribution in [3.05, 3.63) is 48.0 Å². The quantitative estimate of drug-likeness (QED) is 0.573. The zero-order chi connectivity index (χ0) is 21.2. The third-order valence-electron chi connectivity index (χ3n) is 4.81. The van der Waals surface area contributed by atoms with Crippen molar-refractivity contribution in [2.75, 3.05) is 20.2 Å². The van der Waals surface area contributed by atoms with Crippen molar-refractivity contribution in [2.24, 2.45) is 0 Å². The van der Waals surface area contributed by atoms with Crippen LogP contribution in [0.4, 0.5) is 17.7 Å². The van der Waals surface area contributed by atoms with E-state index in [0.717, 1.165) is 6.07 Å². The van der Waals surface area contributed by atoms with Crippen LogP contribution in [-0.2, 0) is 16.2 Å². The molecule has 0 amide bonds. The van der Waals surface area contributed by atoms with E-state index in [1.807, 2.05) is 0 Å². The Labute approximate surface area is 166 Å². The van der Waals surface area contributed by atoms with Gasteiger partial charge in [-0.25, -0.2) is 8.42 Å². The van der Waals surface area contributed by atoms with Crippen molar-refractivity contribution in [3.63, 3.8) is 0 Å². The number of benzene rings is 2. The average molecular weight is 432 g/mol. The number of piperidine rings is 1. The lowest BCUT2D eigenvalue weighted by Gasteiger charge is -2.28. The molecule has 1 aliphatic rings. The van der Waals surface area contributed by atoms with Crippen LogP contribution in [0, 0.1) is 0 Å². The van der Waals surface area contributed by atoms with E-state index < -0.39 is 37.2 Å². The van der Waals surface area contributed by atoms with Gasteiger partial charge in [0.25, 0.3) is 10.0 Å². The summed E-state index contributed by atoms with van der Waals surface area (Å²) in [7, 11) is -3.60. The number of ether oxygens (including phenoxy) is 1. The maximum atomic E-state index is 14.7. The van der Waals surface area contributed by atoms with Gasteiger partial charge >= 0.3 is 6.18 Å². The maximum absolute atomic E-state index is 14.7. The summed E-state index contributed by atoms with van der Waals surface area (Å²) < 4.78 is 85.9. The number of methoxy groups -OCH3 is 1. The molecule has 0 bridgehead atoms. The summed E-state index contributed by atoms with van der Waals surface area (Å²) in [5.41, 5.74) is -0.946. The Bertz CT molecular complexity index is 974. The van der Waals surface area contributed by atoms with Gasteiger partial charge in [0.1, 0.15) is 5.75 Å². The van der Waals surface area contributed by atoms with E-state index in [4.69, 9.17) is 4.74 Å². The van der Waals surface area contributed by atoms with Crippen molar-refractivity contribution in [2.45, 2.75) is 30.0 Å². The molecular weight excluding hydrogens is 412 g/mol. The molecule has 1 fully saturated rings. The summed E-state index contributed by atoms with van der Waals surface area (Å²) in [4.78, 5) is -1.11. The zero-order valence-electron chi connectivity index (χ0n) is 15.5. The van der Waals surface area contributed by atoms with Gasteiger partial charge in [-0.3, -0.25) is 0 Å². The van der Waals surface area contributed by atoms with E-state index in [1.54, 1.807) is 24.3 Å². The lowest BCUT2D eigenvalue weighted by molar-refractivity contribution is -0.140. The highest BCUT2D eigenvalue weighted by molar-refractivity contribution is 7.89. The molecule has 1 heterocycles. The van der Waals surface area contributed by atoms with E-state index in [-0.39, 0.29) is 18.4 Å². The molecule has 0 atom stereocenters. The van der Waals surface area contributed by atoms with Crippen molar-refractivity contribution in [1.82, 2.24) is 9.84 Å². The van der Waals surface area contributed by atoms with Gasteiger partial charge in [-0.2, -0.15) is 13.2 Å². The van der Waals surface area contributed by atoms with E-state index in [2.05, 4.69) is 5.32 Å². The Balaban J connectivity index is 2.09. The van der Waals surface area contributed by atoms with Gasteiger partial charge in [-0.15, -0.1) is 4.48 Å². The predicted molar refractivity (Wildman–Crippen MR) is 99.5 cm³/mol. The molecule has 29 heavy (non-hydrogen) atoms. The first-order valence-corrected chi connectivity index (χ1v) is 10.4. The summed E-state index contributed by atoms with van der Waals surface area (Å²) in [6, 6.07) is 8.13. The maximum Gasteiger partial charge on any atom is 0.417 e. The molecule has 0 aliphatic carbocycles. The Morgan fingerprint density at radius 2 is 1.76 bits per heavy atom. The molecule has 0 spiro atoms. The topological polar surface area (TPSA) is 58.6 Å². The molecule has 0 saturated carbocycles. The third kappa shape index (κ3) is 4.39. The fourth-order valence-electron chi connectivity index (χ4n) is 3.33. The lowest BCUT2D eigenvalue weighted by Crippen LogP contribution is -2.42. The Morgan fingerprint density at radius 3 is 2.38 bits per heavy atom. The Morgan fingerprint density at radius 1 is 1.10 bits per heavy atom. The van der Waals surface area contributed by atoms with Crippen LogP contribution in [0.3, 0.4) is 0 Å². The minimum absolute atomic E-state index is 0.112. The van der Waals surface area contributed by atoms with Crippen LogP contribution < -0.4 is 10.1 Å². The molecule has 1 N–H and O–H groups in total. The number of hydrogen-bond acceptors (Lipinski definition) is 4. The molecule has 10 heteroatoms. The van der Waals surface area contributed by atoms with Gasteiger partial charge in [0, 0.05) is 5.56 Å². The summed E-state index contributed by atoms with van der Waals surface area (Å²) in [5, 5.41) is 2.95. The second-order valence-electron chi connectivity index (χ2n) is 6.64. The molecule has 5 nitrogen and oxygen atoms in total. The van der Waals surface area contributed by atoms with Crippen LogP contribution in [0.2, 0.25) is 0 Å². The minimum atomic E-state index is -4.99. The molecule has 1 aliphatic heterocycles. The number of rotatable bonds is 5. The van der Waals surface area contributed by atoms with Gasteiger partial charge in [0.2, 0.25) is 0 Å². The highest BCUT2D eigenvalue weighted by Crippen LogP contribution is 2.40. The van der Waals surface area contributed by atoms with Crippen LogP contribution in [0.1, 0.15) is 18.4 Å². The minimum Gasteiger partial charge on any atom is -0.496 e. The smallest absolute Gasteiger partial charge is 0.417 e. The second-order valence-corrected chi connectivity index (χ2v) is 8.38. The first kappa shape index (κ1) is 21.5. The van der Waals surface area contributed by atoms with Gasteiger partial charge in [0.05, 0.1) is 23.6 Å². The van der Waals surface area contributed by atoms with Crippen LogP contribution in [-0.4, -0.2) is 39.2 Å². The molecule has 0 aromatic heterocycles. The van der Waals surface area contributed by atoms with Crippen LogP contribution in [0.25, 0.3) is 11.1 Å². The molecule has 0 radical (unpaired) electrons. The zero-order valence-corrected chi connectivity index (χ0v) is 16.4. The molecule has 158 valence electrons. The average Bonchev–Trinajstić information content (AvgIpc) is 2.72. The number of para-hydroxylation sites is 1. The third-order valence-corrected chi connectivity index (χ3v) is 6.48. The number of alkyl halides is 3. The molecule has 0 unspecified atom stereocenters. The molecular formula is C19H20F4N2O3S. The van der Waals surface area contributed by atoms with Gasteiger partial charge in [0.15, 0.2) is 0 Å². The van der Waals surface area contributed by atoms with Crippen LogP contribution >= 0.6 is 0 Å². The summed E-state index contributed by atoms with van der Waals surface area (Å²) in [6.07, 6.45) is -4.64. The van der Waals surface area contributed by atoms with E-state index in [0.29, 0.717) is 30.5 Å². The fourth-order valence-corrected chi connectivity index (χ4v) is 4.81. The summed E-state index contributed by atoms with van der Waals surface area (Å²) in [6.45, 7) is 0.777. The first-order chi connectivity index (χ1) is 13.7. The fraction of sp³-hybridized carbons (Fsp3) is 0.368. The van der Waals surface area contributed by atoms with E-state index in [1.165, 1.54) is 13.2 Å². The van der Waals surface area contributed by atoms with Crippen molar-refractivity contribution in [3.8, 4) is 16.9 Å². The molecule has 2 aromatic carbocycles. The number of nitrogens with one attached hydrogen (secondary N) is 1. The van der Waals surface area contributed by atoms with Crippen LogP contribution in [0.5, 0.6) is 5.75 Å². The van der Waals surface area contributed by atoms with Crippen molar-refractivity contribution >= 4 is 10.0 Å². The van der Waals surface area contributed by atoms with Crippen LogP contribution in [0.15, 0.2) is 47.4 Å². The van der Waals surface area contributed by atoms with Crippen molar-refractivity contribution in [1.29, 1.82) is 0 Å². The number of halogens is 4. The number of hydrogen-bond donors (Lipinski definition) is 1. The lowest BCUT2D eigenvalue weighted by atomic mass is 10.0. The van der Waals surface area contributed by atoms with Gasteiger partial charge in [-0.1, -0.05) is 24.3 Å².